The molecule has 26 heavy (non-hydrogen) atoms. The van der Waals surface area contributed by atoms with E-state index in [1.807, 2.05) is 0 Å². The van der Waals surface area contributed by atoms with Crippen molar-refractivity contribution in [3.05, 3.63) is 24.6 Å². The Labute approximate surface area is 163 Å². The molecule has 0 aromatic heterocycles. The van der Waals surface area contributed by atoms with Crippen LogP contribution < -0.4 is 5.32 Å². The van der Waals surface area contributed by atoms with Crippen molar-refractivity contribution in [1.29, 1.82) is 0 Å². The maximum Gasteiger partial charge on any atom is 0.166 e. The fourth-order valence-corrected chi connectivity index (χ4v) is 4.03. The number of quaternary nitrogens is 1. The molecule has 3 heteroatoms. The van der Waals surface area contributed by atoms with Crippen molar-refractivity contribution in [2.24, 2.45) is 0 Å². The lowest BCUT2D eigenvalue weighted by Gasteiger charge is -2.36. The molecule has 2 N–H and O–H groups in total. The van der Waals surface area contributed by atoms with Crippen LogP contribution in [0.5, 0.6) is 0 Å². The van der Waals surface area contributed by atoms with Crippen molar-refractivity contribution in [1.82, 2.24) is 5.32 Å². The van der Waals surface area contributed by atoms with Crippen LogP contribution in [0.25, 0.3) is 0 Å². The van der Waals surface area contributed by atoms with Crippen LogP contribution in [-0.4, -0.2) is 35.5 Å². The van der Waals surface area contributed by atoms with Gasteiger partial charge in [-0.15, -0.1) is 0 Å². The molecule has 1 rings (SSSR count). The van der Waals surface area contributed by atoms with Gasteiger partial charge in [0, 0.05) is 6.42 Å². The van der Waals surface area contributed by atoms with Crippen molar-refractivity contribution in [3.8, 4) is 0 Å². The molecule has 0 aromatic rings. The summed E-state index contributed by atoms with van der Waals surface area (Å²) in [6.45, 7) is 6.64. The third kappa shape index (κ3) is 9.23. The van der Waals surface area contributed by atoms with Gasteiger partial charge in [0.2, 0.25) is 0 Å². The van der Waals surface area contributed by atoms with Gasteiger partial charge in [-0.05, 0) is 39.0 Å². The molecular formula is C23H45N2O+. The largest absolute Gasteiger partial charge is 0.390 e. The van der Waals surface area contributed by atoms with Crippen LogP contribution >= 0.6 is 0 Å². The molecular weight excluding hydrogens is 320 g/mol. The van der Waals surface area contributed by atoms with Crippen LogP contribution in [0.3, 0.4) is 0 Å². The van der Waals surface area contributed by atoms with Crippen LogP contribution in [0.1, 0.15) is 97.3 Å². The first-order valence-electron chi connectivity index (χ1n) is 11.3. The van der Waals surface area contributed by atoms with Gasteiger partial charge in [-0.1, -0.05) is 64.0 Å². The van der Waals surface area contributed by atoms with Crippen LogP contribution in [0, 0.1) is 0 Å². The molecule has 0 aliphatic carbocycles. The molecule has 0 amide bonds. The summed E-state index contributed by atoms with van der Waals surface area (Å²) < 4.78 is 0.898. The monoisotopic (exact) mass is 365 g/mol. The quantitative estimate of drug-likeness (QED) is 0.192. The van der Waals surface area contributed by atoms with Crippen molar-refractivity contribution in [3.63, 3.8) is 0 Å². The molecule has 0 spiro atoms. The molecule has 3 nitrogen and oxygen atoms in total. The first kappa shape index (κ1) is 23.2. The topological polar surface area (TPSA) is 32.3 Å². The minimum atomic E-state index is 0.264. The number of rotatable bonds is 17. The lowest BCUT2D eigenvalue weighted by molar-refractivity contribution is -0.900. The fraction of sp³-hybridized carbons (Fsp3) is 0.826. The van der Waals surface area contributed by atoms with Gasteiger partial charge in [0.15, 0.2) is 6.17 Å². The van der Waals surface area contributed by atoms with E-state index >= 15 is 0 Å². The van der Waals surface area contributed by atoms with Gasteiger partial charge >= 0.3 is 0 Å². The van der Waals surface area contributed by atoms with Gasteiger partial charge in [0.25, 0.3) is 0 Å². The zero-order chi connectivity index (χ0) is 18.9. The molecule has 0 fully saturated rings. The summed E-state index contributed by atoms with van der Waals surface area (Å²) >= 11 is 0. The number of allylic oxidation sites excluding steroid dienone is 2. The van der Waals surface area contributed by atoms with Gasteiger partial charge in [-0.25, -0.2) is 0 Å². The number of aliphatic hydroxyl groups excluding tert-OH is 1. The molecule has 0 saturated heterocycles. The SMILES string of the molecule is CCCCCCCCC/C=C/CCCCCC1NC=C[N+]1(CC)CCO. The molecule has 2 unspecified atom stereocenters. The van der Waals surface area contributed by atoms with Gasteiger partial charge in [-0.2, -0.15) is 0 Å². The summed E-state index contributed by atoms with van der Waals surface area (Å²) in [5, 5.41) is 12.8. The normalized spacial score (nSPS) is 22.3. The molecule has 1 aliphatic rings. The molecule has 1 heterocycles. The Balaban J connectivity index is 1.96. The molecule has 1 aliphatic heterocycles. The average molecular weight is 366 g/mol. The minimum absolute atomic E-state index is 0.264. The Bertz CT molecular complexity index is 380. The first-order chi connectivity index (χ1) is 12.8. The van der Waals surface area contributed by atoms with Crippen LogP contribution in [0.15, 0.2) is 24.6 Å². The summed E-state index contributed by atoms with van der Waals surface area (Å²) in [5.74, 6) is 0. The third-order valence-corrected chi connectivity index (χ3v) is 5.88. The zero-order valence-corrected chi connectivity index (χ0v) is 17.6. The van der Waals surface area contributed by atoms with Gasteiger partial charge in [-0.3, -0.25) is 4.48 Å². The number of nitrogens with one attached hydrogen (secondary N) is 1. The summed E-state index contributed by atoms with van der Waals surface area (Å²) in [7, 11) is 0. The number of unbranched alkanes of at least 4 members (excludes halogenated alkanes) is 10. The number of likely N-dealkylation sites (N-methyl/N-ethyl adjacent to an activating group) is 1. The molecule has 152 valence electrons. The molecule has 0 bridgehead atoms. The lowest BCUT2D eigenvalue weighted by Crippen LogP contribution is -2.54. The highest BCUT2D eigenvalue weighted by Crippen LogP contribution is 2.22. The van der Waals surface area contributed by atoms with Gasteiger partial charge < -0.3 is 10.4 Å². The van der Waals surface area contributed by atoms with E-state index in [0.717, 1.165) is 17.6 Å². The minimum Gasteiger partial charge on any atom is -0.390 e. The summed E-state index contributed by atoms with van der Waals surface area (Å²) in [6, 6.07) is 0. The maximum atomic E-state index is 9.35. The number of aliphatic hydroxyl groups is 1. The van der Waals surface area contributed by atoms with E-state index in [4.69, 9.17) is 0 Å². The van der Waals surface area contributed by atoms with Gasteiger partial charge in [0.05, 0.1) is 19.4 Å². The van der Waals surface area contributed by atoms with Crippen LogP contribution in [0.2, 0.25) is 0 Å². The van der Waals surface area contributed by atoms with Crippen molar-refractivity contribution in [2.45, 2.75) is 103 Å². The second-order valence-corrected chi connectivity index (χ2v) is 7.88. The van der Waals surface area contributed by atoms with E-state index in [2.05, 4.69) is 43.7 Å². The van der Waals surface area contributed by atoms with E-state index in [1.165, 1.54) is 83.5 Å². The number of hydrogen-bond donors (Lipinski definition) is 2. The number of nitrogens with zero attached hydrogens (tertiary/aromatic N) is 1. The first-order valence-corrected chi connectivity index (χ1v) is 11.3. The molecule has 0 radical (unpaired) electrons. The van der Waals surface area contributed by atoms with Gasteiger partial charge in [0.1, 0.15) is 12.7 Å². The molecule has 0 aromatic carbocycles. The predicted molar refractivity (Wildman–Crippen MR) is 114 cm³/mol. The van der Waals surface area contributed by atoms with Crippen LogP contribution in [0.4, 0.5) is 0 Å². The smallest absolute Gasteiger partial charge is 0.166 e. The highest BCUT2D eigenvalue weighted by molar-refractivity contribution is 4.84. The highest BCUT2D eigenvalue weighted by Gasteiger charge is 2.35. The van der Waals surface area contributed by atoms with E-state index in [1.54, 1.807) is 0 Å². The second kappa shape index (κ2) is 15.3. The summed E-state index contributed by atoms with van der Waals surface area (Å²) in [5.41, 5.74) is 0. The fourth-order valence-electron chi connectivity index (χ4n) is 4.03. The lowest BCUT2D eigenvalue weighted by atomic mass is 10.1. The van der Waals surface area contributed by atoms with Crippen molar-refractivity contribution in [2.75, 3.05) is 19.7 Å². The van der Waals surface area contributed by atoms with E-state index in [9.17, 15) is 5.11 Å². The Morgan fingerprint density at radius 1 is 0.885 bits per heavy atom. The average Bonchev–Trinajstić information content (AvgIpc) is 3.05. The van der Waals surface area contributed by atoms with E-state index < -0.39 is 0 Å². The Hall–Kier alpha value is -0.800. The van der Waals surface area contributed by atoms with Crippen molar-refractivity contribution >= 4 is 0 Å². The standard InChI is InChI=1S/C23H45N2O/c1-3-5-6-7-8-9-10-11-12-13-14-15-16-17-18-23-24-19-20-25(23,4-2)21-22-26/h12-13,19-20,23-24,26H,3-11,14-18,21-22H2,1-2H3/q+1/b13-12+. The predicted octanol–water partition coefficient (Wildman–Crippen LogP) is 5.86. The summed E-state index contributed by atoms with van der Waals surface area (Å²) in [6.07, 6.45) is 26.9. The zero-order valence-electron chi connectivity index (χ0n) is 17.6. The summed E-state index contributed by atoms with van der Waals surface area (Å²) in [4.78, 5) is 0. The Morgan fingerprint density at radius 3 is 2.12 bits per heavy atom. The third-order valence-electron chi connectivity index (χ3n) is 5.88. The Kier molecular flexibility index (Phi) is 13.7. The van der Waals surface area contributed by atoms with Crippen LogP contribution in [-0.2, 0) is 0 Å². The molecule has 0 saturated carbocycles. The highest BCUT2D eigenvalue weighted by atomic mass is 16.3. The number of hydrogen-bond acceptors (Lipinski definition) is 2. The Morgan fingerprint density at radius 2 is 1.50 bits per heavy atom. The second-order valence-electron chi connectivity index (χ2n) is 7.88. The maximum absolute atomic E-state index is 9.35. The van der Waals surface area contributed by atoms with E-state index in [-0.39, 0.29) is 6.61 Å². The van der Waals surface area contributed by atoms with E-state index in [0.29, 0.717) is 6.17 Å². The molecule has 2 atom stereocenters. The van der Waals surface area contributed by atoms with Crippen molar-refractivity contribution < 1.29 is 9.59 Å².